The maximum absolute atomic E-state index is 12.8. The fraction of sp³-hybridized carbons (Fsp3) is 0.200. The summed E-state index contributed by atoms with van der Waals surface area (Å²) in [6.45, 7) is -0.549. The molecule has 1 aromatic rings. The van der Waals surface area contributed by atoms with Crippen LogP contribution in [0.3, 0.4) is 0 Å². The lowest BCUT2D eigenvalue weighted by atomic mass is 10.2. The molecular weight excluding hydrogens is 236 g/mol. The fourth-order valence-corrected chi connectivity index (χ4v) is 1.06. The summed E-state index contributed by atoms with van der Waals surface area (Å²) in [6, 6.07) is 2.19. The van der Waals surface area contributed by atoms with Gasteiger partial charge in [-0.15, -0.1) is 0 Å². The van der Waals surface area contributed by atoms with E-state index >= 15 is 0 Å². The Labute approximate surface area is 94.7 Å². The van der Waals surface area contributed by atoms with Gasteiger partial charge in [-0.2, -0.15) is 0 Å². The Morgan fingerprint density at radius 2 is 1.76 bits per heavy atom. The van der Waals surface area contributed by atoms with Gasteiger partial charge in [0.15, 0.2) is 6.10 Å². The molecular formula is C10H9F2NO4. The number of hydrogen-bond acceptors (Lipinski definition) is 3. The molecule has 0 fully saturated rings. The molecule has 0 saturated heterocycles. The van der Waals surface area contributed by atoms with Crippen molar-refractivity contribution < 1.29 is 28.6 Å². The second-order valence-electron chi connectivity index (χ2n) is 3.22. The monoisotopic (exact) mass is 245 g/mol. The van der Waals surface area contributed by atoms with Gasteiger partial charge in [-0.25, -0.2) is 13.6 Å². The van der Waals surface area contributed by atoms with Crippen molar-refractivity contribution in [2.45, 2.75) is 6.10 Å². The van der Waals surface area contributed by atoms with Gasteiger partial charge >= 0.3 is 5.97 Å². The number of aliphatic hydroxyl groups excluding tert-OH is 1. The van der Waals surface area contributed by atoms with Crippen LogP contribution in [-0.4, -0.2) is 34.7 Å². The van der Waals surface area contributed by atoms with E-state index in [1.165, 1.54) is 0 Å². The van der Waals surface area contributed by atoms with E-state index in [-0.39, 0.29) is 5.56 Å². The van der Waals surface area contributed by atoms with Crippen LogP contribution in [0.2, 0.25) is 0 Å². The van der Waals surface area contributed by atoms with Crippen LogP contribution >= 0.6 is 0 Å². The molecule has 0 aromatic heterocycles. The lowest BCUT2D eigenvalue weighted by Crippen LogP contribution is -2.36. The van der Waals surface area contributed by atoms with Gasteiger partial charge in [0, 0.05) is 11.6 Å². The smallest absolute Gasteiger partial charge is 0.334 e. The topological polar surface area (TPSA) is 86.6 Å². The quantitative estimate of drug-likeness (QED) is 0.704. The van der Waals surface area contributed by atoms with Crippen molar-refractivity contribution in [3.8, 4) is 0 Å². The molecule has 0 aliphatic heterocycles. The number of aliphatic carboxylic acids is 1. The lowest BCUT2D eigenvalue weighted by Gasteiger charge is -2.07. The minimum absolute atomic E-state index is 0.292. The maximum atomic E-state index is 12.8. The molecule has 0 saturated carbocycles. The van der Waals surface area contributed by atoms with Gasteiger partial charge in [0.1, 0.15) is 11.6 Å². The Morgan fingerprint density at radius 3 is 2.24 bits per heavy atom. The van der Waals surface area contributed by atoms with Crippen LogP contribution in [-0.2, 0) is 4.79 Å². The molecule has 0 aliphatic carbocycles. The molecule has 0 radical (unpaired) electrons. The average molecular weight is 245 g/mol. The summed E-state index contributed by atoms with van der Waals surface area (Å²) in [5.41, 5.74) is -0.292. The largest absolute Gasteiger partial charge is 0.479 e. The molecule has 3 N–H and O–H groups in total. The van der Waals surface area contributed by atoms with Gasteiger partial charge in [-0.3, -0.25) is 4.79 Å². The molecule has 0 unspecified atom stereocenters. The van der Waals surface area contributed by atoms with E-state index in [0.29, 0.717) is 6.07 Å². The highest BCUT2D eigenvalue weighted by atomic mass is 19.1. The van der Waals surface area contributed by atoms with Gasteiger partial charge < -0.3 is 15.5 Å². The van der Waals surface area contributed by atoms with E-state index in [1.54, 1.807) is 0 Å². The first-order valence-electron chi connectivity index (χ1n) is 4.55. The molecule has 1 atom stereocenters. The molecule has 17 heavy (non-hydrogen) atoms. The van der Waals surface area contributed by atoms with E-state index in [0.717, 1.165) is 12.1 Å². The van der Waals surface area contributed by atoms with Crippen molar-refractivity contribution >= 4 is 11.9 Å². The van der Waals surface area contributed by atoms with Crippen molar-refractivity contribution in [3.63, 3.8) is 0 Å². The van der Waals surface area contributed by atoms with Crippen molar-refractivity contribution in [2.75, 3.05) is 6.54 Å². The first-order valence-corrected chi connectivity index (χ1v) is 4.55. The molecule has 0 heterocycles. The van der Waals surface area contributed by atoms with Gasteiger partial charge in [0.2, 0.25) is 0 Å². The molecule has 5 nitrogen and oxygen atoms in total. The number of carbonyl (C=O) groups is 2. The highest BCUT2D eigenvalue weighted by Gasteiger charge is 2.15. The van der Waals surface area contributed by atoms with Crippen molar-refractivity contribution in [1.82, 2.24) is 5.32 Å². The molecule has 0 spiro atoms. The lowest BCUT2D eigenvalue weighted by molar-refractivity contribution is -0.146. The molecule has 0 bridgehead atoms. The van der Waals surface area contributed by atoms with E-state index in [4.69, 9.17) is 10.2 Å². The van der Waals surface area contributed by atoms with Gasteiger partial charge in [-0.05, 0) is 12.1 Å². The molecule has 1 amide bonds. The molecule has 0 aliphatic rings. The number of aliphatic hydroxyl groups is 1. The number of hydrogen-bond donors (Lipinski definition) is 3. The Hall–Kier alpha value is -2.02. The van der Waals surface area contributed by atoms with Crippen LogP contribution in [0.5, 0.6) is 0 Å². The van der Waals surface area contributed by atoms with E-state index < -0.39 is 36.2 Å². The number of carbonyl (C=O) groups excluding carboxylic acids is 1. The standard InChI is InChI=1S/C10H9F2NO4/c11-6-1-5(2-7(12)3-6)9(15)13-4-8(14)10(16)17/h1-3,8,14H,4H2,(H,13,15)(H,16,17)/t8-/m0/s1. The second-order valence-corrected chi connectivity index (χ2v) is 3.22. The number of carboxylic acids is 1. The highest BCUT2D eigenvalue weighted by molar-refractivity contribution is 5.94. The number of nitrogens with one attached hydrogen (secondary N) is 1. The van der Waals surface area contributed by atoms with Crippen LogP contribution in [0.25, 0.3) is 0 Å². The first kappa shape index (κ1) is 13.0. The van der Waals surface area contributed by atoms with Crippen LogP contribution < -0.4 is 5.32 Å². The van der Waals surface area contributed by atoms with Gasteiger partial charge in [0.25, 0.3) is 5.91 Å². The average Bonchev–Trinajstić information content (AvgIpc) is 2.23. The molecule has 1 aromatic carbocycles. The zero-order valence-corrected chi connectivity index (χ0v) is 8.48. The summed E-state index contributed by atoms with van der Waals surface area (Å²) in [7, 11) is 0. The van der Waals surface area contributed by atoms with Crippen LogP contribution in [0.1, 0.15) is 10.4 Å². The third kappa shape index (κ3) is 3.80. The summed E-state index contributed by atoms with van der Waals surface area (Å²) < 4.78 is 25.5. The third-order valence-electron chi connectivity index (χ3n) is 1.87. The Morgan fingerprint density at radius 1 is 1.24 bits per heavy atom. The van der Waals surface area contributed by atoms with E-state index in [1.807, 2.05) is 5.32 Å². The maximum Gasteiger partial charge on any atom is 0.334 e. The SMILES string of the molecule is O=C(NC[C@H](O)C(=O)O)c1cc(F)cc(F)c1. The zero-order valence-electron chi connectivity index (χ0n) is 8.48. The number of carboxylic acid groups (broad SMARTS) is 1. The minimum atomic E-state index is -1.77. The zero-order chi connectivity index (χ0) is 13.0. The number of benzene rings is 1. The summed E-state index contributed by atoms with van der Waals surface area (Å²) in [6.07, 6.45) is -1.77. The molecule has 1 rings (SSSR count). The Balaban J connectivity index is 2.67. The van der Waals surface area contributed by atoms with Crippen LogP contribution in [0.15, 0.2) is 18.2 Å². The van der Waals surface area contributed by atoms with Gasteiger partial charge in [0.05, 0.1) is 6.54 Å². The summed E-state index contributed by atoms with van der Waals surface area (Å²) in [5.74, 6) is -4.22. The van der Waals surface area contributed by atoms with E-state index in [9.17, 15) is 18.4 Å². The Kier molecular flexibility index (Phi) is 4.11. The third-order valence-corrected chi connectivity index (χ3v) is 1.87. The van der Waals surface area contributed by atoms with Crippen molar-refractivity contribution in [2.24, 2.45) is 0 Å². The summed E-state index contributed by atoms with van der Waals surface area (Å²) in [5, 5.41) is 19.2. The normalized spacial score (nSPS) is 11.9. The molecule has 7 heteroatoms. The Bertz CT molecular complexity index is 430. The number of rotatable bonds is 4. The van der Waals surface area contributed by atoms with E-state index in [2.05, 4.69) is 0 Å². The fourth-order valence-electron chi connectivity index (χ4n) is 1.06. The molecule has 92 valence electrons. The minimum Gasteiger partial charge on any atom is -0.479 e. The second kappa shape index (κ2) is 5.35. The van der Waals surface area contributed by atoms with Crippen LogP contribution in [0, 0.1) is 11.6 Å². The number of halogens is 2. The number of amides is 1. The predicted molar refractivity (Wildman–Crippen MR) is 52.3 cm³/mol. The van der Waals surface area contributed by atoms with Crippen molar-refractivity contribution in [3.05, 3.63) is 35.4 Å². The summed E-state index contributed by atoms with van der Waals surface area (Å²) >= 11 is 0. The van der Waals surface area contributed by atoms with Gasteiger partial charge in [-0.1, -0.05) is 0 Å². The predicted octanol–water partition coefficient (Wildman–Crippen LogP) is 0.140. The van der Waals surface area contributed by atoms with Crippen LogP contribution in [0.4, 0.5) is 8.78 Å². The first-order chi connectivity index (χ1) is 7.90. The summed E-state index contributed by atoms with van der Waals surface area (Å²) in [4.78, 5) is 21.6. The highest BCUT2D eigenvalue weighted by Crippen LogP contribution is 2.07. The van der Waals surface area contributed by atoms with Crippen molar-refractivity contribution in [1.29, 1.82) is 0 Å².